The standard InChI is InChI=1S/C17H23N3O4/c1-15(2,3)24-13(21)11-16(7-17(11,8-16)14(22)23)12-9-6-18-5-4-10(9)19-20-12/h11,18H,4-8H2,1-3H3,(H,19,20)(H,22,23). The molecular weight excluding hydrogens is 310 g/mol. The fraction of sp³-hybridized carbons (Fsp3) is 0.706. The summed E-state index contributed by atoms with van der Waals surface area (Å²) < 4.78 is 5.53. The Balaban J connectivity index is 1.69. The molecule has 3 saturated carbocycles. The van der Waals surface area contributed by atoms with Crippen molar-refractivity contribution in [3.8, 4) is 0 Å². The first-order chi connectivity index (χ1) is 11.2. The van der Waals surface area contributed by atoms with Crippen LogP contribution in [0.15, 0.2) is 0 Å². The van der Waals surface area contributed by atoms with Crippen LogP contribution in [0.2, 0.25) is 0 Å². The first kappa shape index (κ1) is 15.6. The normalized spacial score (nSPS) is 33.9. The number of carboxylic acids is 1. The molecule has 0 spiro atoms. The van der Waals surface area contributed by atoms with Gasteiger partial charge in [0.25, 0.3) is 0 Å². The summed E-state index contributed by atoms with van der Waals surface area (Å²) in [4.78, 5) is 24.5. The Morgan fingerprint density at radius 2 is 2.04 bits per heavy atom. The molecule has 0 saturated heterocycles. The van der Waals surface area contributed by atoms with E-state index >= 15 is 0 Å². The van der Waals surface area contributed by atoms with Crippen molar-refractivity contribution >= 4 is 11.9 Å². The largest absolute Gasteiger partial charge is 0.481 e. The number of ether oxygens (including phenoxy) is 1. The van der Waals surface area contributed by atoms with E-state index in [1.165, 1.54) is 0 Å². The fourth-order valence-corrected chi connectivity index (χ4v) is 4.78. The zero-order valence-electron chi connectivity index (χ0n) is 14.2. The van der Waals surface area contributed by atoms with Crippen molar-refractivity contribution in [3.63, 3.8) is 0 Å². The summed E-state index contributed by atoms with van der Waals surface area (Å²) in [5.41, 5.74) is 0.977. The summed E-state index contributed by atoms with van der Waals surface area (Å²) in [6.07, 6.45) is 1.81. The molecule has 1 aromatic rings. The molecule has 24 heavy (non-hydrogen) atoms. The molecule has 7 nitrogen and oxygen atoms in total. The Hall–Kier alpha value is -1.89. The number of aliphatic carboxylic acids is 1. The highest BCUT2D eigenvalue weighted by Gasteiger charge is 2.84. The maximum absolute atomic E-state index is 12.7. The van der Waals surface area contributed by atoms with E-state index in [1.54, 1.807) is 20.8 Å². The minimum absolute atomic E-state index is 0.414. The van der Waals surface area contributed by atoms with Gasteiger partial charge in [-0.05, 0) is 33.6 Å². The van der Waals surface area contributed by atoms with Gasteiger partial charge in [-0.3, -0.25) is 14.7 Å². The maximum atomic E-state index is 12.7. The van der Waals surface area contributed by atoms with Crippen molar-refractivity contribution in [3.05, 3.63) is 17.0 Å². The maximum Gasteiger partial charge on any atom is 0.311 e. The van der Waals surface area contributed by atoms with Gasteiger partial charge in [0.05, 0.1) is 17.0 Å². The van der Waals surface area contributed by atoms with Crippen LogP contribution in [0, 0.1) is 11.3 Å². The molecule has 1 aromatic heterocycles. The van der Waals surface area contributed by atoms with Crippen LogP contribution in [0.1, 0.15) is 50.6 Å². The molecule has 0 aromatic carbocycles. The second-order valence-corrected chi connectivity index (χ2v) is 8.39. The molecule has 1 atom stereocenters. The summed E-state index contributed by atoms with van der Waals surface area (Å²) in [6, 6.07) is 0. The number of H-pyrrole nitrogens is 1. The zero-order chi connectivity index (χ0) is 17.3. The minimum atomic E-state index is -0.976. The Morgan fingerprint density at radius 1 is 1.33 bits per heavy atom. The number of esters is 1. The number of nitrogens with one attached hydrogen (secondary N) is 2. The van der Waals surface area contributed by atoms with Gasteiger partial charge in [-0.25, -0.2) is 0 Å². The van der Waals surface area contributed by atoms with Gasteiger partial charge < -0.3 is 15.2 Å². The van der Waals surface area contributed by atoms with Gasteiger partial charge in [0, 0.05) is 36.2 Å². The van der Waals surface area contributed by atoms with Crippen LogP contribution in [0.3, 0.4) is 0 Å². The van der Waals surface area contributed by atoms with E-state index in [-0.39, 0.29) is 0 Å². The highest BCUT2D eigenvalue weighted by molar-refractivity contribution is 5.93. The summed E-state index contributed by atoms with van der Waals surface area (Å²) >= 11 is 0. The molecule has 130 valence electrons. The third kappa shape index (κ3) is 1.84. The predicted molar refractivity (Wildman–Crippen MR) is 84.3 cm³/mol. The monoisotopic (exact) mass is 333 g/mol. The van der Waals surface area contributed by atoms with Crippen LogP contribution in [0.5, 0.6) is 0 Å². The lowest BCUT2D eigenvalue weighted by molar-refractivity contribution is -0.247. The highest BCUT2D eigenvalue weighted by Crippen LogP contribution is 2.78. The molecule has 0 radical (unpaired) electrons. The second kappa shape index (κ2) is 4.59. The molecule has 5 rings (SSSR count). The van der Waals surface area contributed by atoms with Crippen LogP contribution in [-0.4, -0.2) is 39.4 Å². The summed E-state index contributed by atoms with van der Waals surface area (Å²) in [5, 5.41) is 20.5. The average Bonchev–Trinajstić information content (AvgIpc) is 2.78. The number of nitrogens with zero attached hydrogens (tertiary/aromatic N) is 1. The summed E-state index contributed by atoms with van der Waals surface area (Å²) in [6.45, 7) is 7.01. The topological polar surface area (TPSA) is 104 Å². The van der Waals surface area contributed by atoms with Gasteiger partial charge in [-0.15, -0.1) is 0 Å². The average molecular weight is 333 g/mol. The van der Waals surface area contributed by atoms with Crippen molar-refractivity contribution < 1.29 is 19.4 Å². The number of aromatic amines is 1. The van der Waals surface area contributed by atoms with Crippen LogP contribution >= 0.6 is 0 Å². The molecule has 3 N–H and O–H groups in total. The number of rotatable bonds is 3. The molecule has 2 heterocycles. The lowest BCUT2D eigenvalue weighted by atomic mass is 9.28. The van der Waals surface area contributed by atoms with Crippen LogP contribution in [0.25, 0.3) is 0 Å². The summed E-state index contributed by atoms with van der Waals surface area (Å²) in [7, 11) is 0. The van der Waals surface area contributed by atoms with Crippen molar-refractivity contribution in [1.82, 2.24) is 15.5 Å². The summed E-state index contributed by atoms with van der Waals surface area (Å²) in [5.74, 6) is -1.96. The Bertz CT molecular complexity index is 725. The van der Waals surface area contributed by atoms with E-state index in [9.17, 15) is 14.7 Å². The third-order valence-electron chi connectivity index (χ3n) is 5.71. The zero-order valence-corrected chi connectivity index (χ0v) is 14.2. The van der Waals surface area contributed by atoms with E-state index in [2.05, 4.69) is 15.5 Å². The van der Waals surface area contributed by atoms with E-state index in [0.29, 0.717) is 19.4 Å². The van der Waals surface area contributed by atoms with Gasteiger partial charge in [0.15, 0.2) is 0 Å². The minimum Gasteiger partial charge on any atom is -0.481 e. The molecule has 1 aliphatic heterocycles. The molecule has 1 unspecified atom stereocenters. The van der Waals surface area contributed by atoms with Gasteiger partial charge in [-0.1, -0.05) is 0 Å². The van der Waals surface area contributed by atoms with Crippen LogP contribution < -0.4 is 5.32 Å². The van der Waals surface area contributed by atoms with Gasteiger partial charge in [0.1, 0.15) is 5.60 Å². The first-order valence-electron chi connectivity index (χ1n) is 8.43. The molecular formula is C17H23N3O4. The van der Waals surface area contributed by atoms with Crippen molar-refractivity contribution in [2.75, 3.05) is 6.54 Å². The van der Waals surface area contributed by atoms with Crippen molar-refractivity contribution in [2.45, 2.75) is 57.6 Å². The van der Waals surface area contributed by atoms with E-state index in [0.717, 1.165) is 29.9 Å². The van der Waals surface area contributed by atoms with Gasteiger partial charge >= 0.3 is 11.9 Å². The number of carbonyl (C=O) groups excluding carboxylic acids is 1. The predicted octanol–water partition coefficient (Wildman–Crippen LogP) is 1.13. The number of fused-ring (bicyclic) bond motifs is 1. The van der Waals surface area contributed by atoms with Crippen LogP contribution in [-0.2, 0) is 32.7 Å². The second-order valence-electron chi connectivity index (χ2n) is 8.39. The SMILES string of the molecule is CC(C)(C)OC(=O)C1C2(C(=O)O)CC1(c1n[nH]c3c1CNCC3)C2. The smallest absolute Gasteiger partial charge is 0.311 e. The highest BCUT2D eigenvalue weighted by atomic mass is 16.6. The first-order valence-corrected chi connectivity index (χ1v) is 8.43. The molecule has 3 aliphatic carbocycles. The molecule has 0 amide bonds. The number of hydrogen-bond donors (Lipinski definition) is 3. The van der Waals surface area contributed by atoms with E-state index in [1.807, 2.05) is 0 Å². The third-order valence-corrected chi connectivity index (χ3v) is 5.71. The fourth-order valence-electron chi connectivity index (χ4n) is 4.78. The number of carboxylic acid groups (broad SMARTS) is 1. The Kier molecular flexibility index (Phi) is 2.99. The van der Waals surface area contributed by atoms with E-state index in [4.69, 9.17) is 4.74 Å². The Morgan fingerprint density at radius 3 is 2.67 bits per heavy atom. The van der Waals surface area contributed by atoms with Crippen molar-refractivity contribution in [1.29, 1.82) is 0 Å². The van der Waals surface area contributed by atoms with Crippen molar-refractivity contribution in [2.24, 2.45) is 11.3 Å². The Labute approximate surface area is 140 Å². The molecule has 2 bridgehead atoms. The number of hydrogen-bond acceptors (Lipinski definition) is 5. The lowest BCUT2D eigenvalue weighted by Gasteiger charge is -2.72. The number of carbonyl (C=O) groups is 2. The van der Waals surface area contributed by atoms with Crippen LogP contribution in [0.4, 0.5) is 0 Å². The van der Waals surface area contributed by atoms with E-state index < -0.39 is 34.3 Å². The molecule has 7 heteroatoms. The van der Waals surface area contributed by atoms with Gasteiger partial charge in [0.2, 0.25) is 0 Å². The lowest BCUT2D eigenvalue weighted by Crippen LogP contribution is -2.78. The van der Waals surface area contributed by atoms with Gasteiger partial charge in [-0.2, -0.15) is 5.10 Å². The number of aromatic nitrogens is 2. The quantitative estimate of drug-likeness (QED) is 0.716. The molecule has 4 aliphatic rings. The molecule has 3 fully saturated rings.